The Hall–Kier alpha value is -1.94. The monoisotopic (exact) mass is 274 g/mol. The fourth-order valence-corrected chi connectivity index (χ4v) is 2.04. The van der Waals surface area contributed by atoms with E-state index >= 15 is 0 Å². The number of aromatic nitrogens is 1. The Kier molecular flexibility index (Phi) is 4.35. The first-order chi connectivity index (χ1) is 9.54. The molecule has 0 radical (unpaired) electrons. The smallest absolute Gasteiger partial charge is 0.256 e. The summed E-state index contributed by atoms with van der Waals surface area (Å²) >= 11 is 0. The molecule has 0 saturated heterocycles. The van der Waals surface area contributed by atoms with Crippen molar-refractivity contribution in [3.05, 3.63) is 52.5 Å². The van der Waals surface area contributed by atoms with Gasteiger partial charge in [0.05, 0.1) is 0 Å². The van der Waals surface area contributed by atoms with Crippen LogP contribution in [-0.2, 0) is 6.54 Å². The molecule has 1 N–H and O–H groups in total. The van der Waals surface area contributed by atoms with E-state index in [4.69, 9.17) is 4.74 Å². The third kappa shape index (κ3) is 2.80. The molecular formula is C16H19FN2O. The molecular weight excluding hydrogens is 255 g/mol. The first kappa shape index (κ1) is 14.5. The number of rotatable bonds is 4. The van der Waals surface area contributed by atoms with Crippen LogP contribution in [-0.4, -0.2) is 12.0 Å². The first-order valence-corrected chi connectivity index (χ1v) is 6.57. The number of nitrogens with one attached hydrogen (secondary N) is 1. The van der Waals surface area contributed by atoms with Crippen LogP contribution in [0.25, 0.3) is 0 Å². The van der Waals surface area contributed by atoms with Crippen molar-refractivity contribution in [1.82, 2.24) is 10.3 Å². The zero-order valence-electron chi connectivity index (χ0n) is 12.2. The van der Waals surface area contributed by atoms with Crippen LogP contribution >= 0.6 is 0 Å². The summed E-state index contributed by atoms with van der Waals surface area (Å²) in [7, 11) is 1.77. The van der Waals surface area contributed by atoms with E-state index in [9.17, 15) is 4.39 Å². The fraction of sp³-hybridized carbons (Fsp3) is 0.312. The lowest BCUT2D eigenvalue weighted by Gasteiger charge is -2.14. The van der Waals surface area contributed by atoms with Crippen molar-refractivity contribution in [3.63, 3.8) is 0 Å². The van der Waals surface area contributed by atoms with Gasteiger partial charge in [-0.25, -0.2) is 9.37 Å². The minimum atomic E-state index is -0.415. The van der Waals surface area contributed by atoms with Gasteiger partial charge in [-0.2, -0.15) is 0 Å². The number of hydrogen-bond donors (Lipinski definition) is 1. The fourth-order valence-electron chi connectivity index (χ4n) is 2.04. The number of benzene rings is 1. The molecule has 106 valence electrons. The van der Waals surface area contributed by atoms with Crippen molar-refractivity contribution >= 4 is 0 Å². The van der Waals surface area contributed by atoms with Crippen LogP contribution in [0.1, 0.15) is 22.3 Å². The highest BCUT2D eigenvalue weighted by atomic mass is 19.1. The molecule has 1 aromatic heterocycles. The summed E-state index contributed by atoms with van der Waals surface area (Å²) in [6.07, 6.45) is 1.56. The molecule has 20 heavy (non-hydrogen) atoms. The second kappa shape index (κ2) is 6.01. The van der Waals surface area contributed by atoms with Crippen molar-refractivity contribution in [2.45, 2.75) is 27.3 Å². The number of ether oxygens (including phenoxy) is 1. The van der Waals surface area contributed by atoms with Crippen molar-refractivity contribution in [1.29, 1.82) is 0 Å². The topological polar surface area (TPSA) is 34.2 Å². The van der Waals surface area contributed by atoms with E-state index in [1.807, 2.05) is 32.9 Å². The van der Waals surface area contributed by atoms with Crippen LogP contribution in [0.5, 0.6) is 11.6 Å². The Balaban J connectivity index is 2.40. The Labute approximate surface area is 118 Å². The average molecular weight is 274 g/mol. The number of aryl methyl sites for hydroxylation is 2. The summed E-state index contributed by atoms with van der Waals surface area (Å²) in [6.45, 7) is 6.35. The van der Waals surface area contributed by atoms with Crippen molar-refractivity contribution < 1.29 is 9.13 Å². The Morgan fingerprint density at radius 3 is 2.55 bits per heavy atom. The van der Waals surface area contributed by atoms with E-state index < -0.39 is 5.82 Å². The molecule has 4 heteroatoms. The van der Waals surface area contributed by atoms with Crippen LogP contribution in [0.15, 0.2) is 24.4 Å². The quantitative estimate of drug-likeness (QED) is 0.924. The third-order valence-electron chi connectivity index (χ3n) is 3.38. The molecule has 0 bridgehead atoms. The van der Waals surface area contributed by atoms with Gasteiger partial charge in [0.25, 0.3) is 5.88 Å². The summed E-state index contributed by atoms with van der Waals surface area (Å²) in [5.74, 6) is 0.287. The standard InChI is InChI=1S/C16H19FN2O/c1-10-5-6-11(2)15(12(10)3)20-16-14(17)13(9-18-4)7-8-19-16/h5-8,18H,9H2,1-4H3. The normalized spacial score (nSPS) is 10.7. The molecule has 2 rings (SSSR count). The third-order valence-corrected chi connectivity index (χ3v) is 3.38. The van der Waals surface area contributed by atoms with E-state index in [-0.39, 0.29) is 5.88 Å². The minimum Gasteiger partial charge on any atom is -0.436 e. The Morgan fingerprint density at radius 1 is 1.15 bits per heavy atom. The molecule has 3 nitrogen and oxygen atoms in total. The molecule has 0 unspecified atom stereocenters. The van der Waals surface area contributed by atoms with Crippen LogP contribution in [0.4, 0.5) is 4.39 Å². The lowest BCUT2D eigenvalue weighted by Crippen LogP contribution is -2.08. The summed E-state index contributed by atoms with van der Waals surface area (Å²) in [5, 5.41) is 2.92. The van der Waals surface area contributed by atoms with Crippen molar-refractivity contribution in [2.24, 2.45) is 0 Å². The average Bonchev–Trinajstić information content (AvgIpc) is 2.43. The Bertz CT molecular complexity index is 626. The van der Waals surface area contributed by atoms with Gasteiger partial charge in [0, 0.05) is 18.3 Å². The second-order valence-corrected chi connectivity index (χ2v) is 4.88. The molecule has 0 amide bonds. The summed E-state index contributed by atoms with van der Waals surface area (Å²) < 4.78 is 20.0. The van der Waals surface area contributed by atoms with Gasteiger partial charge < -0.3 is 10.1 Å². The molecule has 2 aromatic rings. The van der Waals surface area contributed by atoms with E-state index in [1.165, 1.54) is 0 Å². The van der Waals surface area contributed by atoms with E-state index in [2.05, 4.69) is 10.3 Å². The van der Waals surface area contributed by atoms with Gasteiger partial charge in [-0.05, 0) is 50.6 Å². The maximum atomic E-state index is 14.3. The molecule has 1 aromatic carbocycles. The maximum Gasteiger partial charge on any atom is 0.256 e. The SMILES string of the molecule is CNCc1ccnc(Oc2c(C)ccc(C)c2C)c1F. The van der Waals surface area contributed by atoms with Gasteiger partial charge in [-0.1, -0.05) is 12.1 Å². The van der Waals surface area contributed by atoms with E-state index in [0.29, 0.717) is 17.9 Å². The molecule has 0 aliphatic heterocycles. The molecule has 1 heterocycles. The second-order valence-electron chi connectivity index (χ2n) is 4.88. The van der Waals surface area contributed by atoms with Crippen LogP contribution in [0, 0.1) is 26.6 Å². The van der Waals surface area contributed by atoms with Gasteiger partial charge >= 0.3 is 0 Å². The maximum absolute atomic E-state index is 14.3. The summed E-state index contributed by atoms with van der Waals surface area (Å²) in [4.78, 5) is 4.00. The number of nitrogens with zero attached hydrogens (tertiary/aromatic N) is 1. The minimum absolute atomic E-state index is 0.0227. The number of halogens is 1. The highest BCUT2D eigenvalue weighted by molar-refractivity contribution is 5.46. The highest BCUT2D eigenvalue weighted by Gasteiger charge is 2.14. The van der Waals surface area contributed by atoms with Crippen molar-refractivity contribution in [3.8, 4) is 11.6 Å². The Morgan fingerprint density at radius 2 is 1.85 bits per heavy atom. The molecule has 0 saturated carbocycles. The zero-order valence-corrected chi connectivity index (χ0v) is 12.2. The van der Waals surface area contributed by atoms with Crippen LogP contribution in [0.2, 0.25) is 0 Å². The predicted octanol–water partition coefficient (Wildman–Crippen LogP) is 3.66. The lowest BCUT2D eigenvalue weighted by atomic mass is 10.1. The zero-order chi connectivity index (χ0) is 14.7. The van der Waals surface area contributed by atoms with E-state index in [0.717, 1.165) is 16.7 Å². The molecule has 0 aliphatic carbocycles. The first-order valence-electron chi connectivity index (χ1n) is 6.57. The number of pyridine rings is 1. The van der Waals surface area contributed by atoms with Gasteiger partial charge in [0.2, 0.25) is 0 Å². The van der Waals surface area contributed by atoms with Gasteiger partial charge in [0.15, 0.2) is 5.82 Å². The predicted molar refractivity (Wildman–Crippen MR) is 77.7 cm³/mol. The van der Waals surface area contributed by atoms with E-state index in [1.54, 1.807) is 19.3 Å². The van der Waals surface area contributed by atoms with Crippen molar-refractivity contribution in [2.75, 3.05) is 7.05 Å². The highest BCUT2D eigenvalue weighted by Crippen LogP contribution is 2.31. The molecule has 0 spiro atoms. The summed E-state index contributed by atoms with van der Waals surface area (Å²) in [6, 6.07) is 5.64. The van der Waals surface area contributed by atoms with Gasteiger partial charge in [-0.3, -0.25) is 0 Å². The van der Waals surface area contributed by atoms with Crippen LogP contribution in [0.3, 0.4) is 0 Å². The number of hydrogen-bond acceptors (Lipinski definition) is 3. The molecule has 0 aliphatic rings. The van der Waals surface area contributed by atoms with Gasteiger partial charge in [0.1, 0.15) is 5.75 Å². The van der Waals surface area contributed by atoms with Crippen LogP contribution < -0.4 is 10.1 Å². The molecule has 0 atom stereocenters. The van der Waals surface area contributed by atoms with Gasteiger partial charge in [-0.15, -0.1) is 0 Å². The lowest BCUT2D eigenvalue weighted by molar-refractivity contribution is 0.413. The largest absolute Gasteiger partial charge is 0.436 e. The molecule has 0 fully saturated rings. The summed E-state index contributed by atoms with van der Waals surface area (Å²) in [5.41, 5.74) is 3.62.